The third-order valence-electron chi connectivity index (χ3n) is 8.62. The molecule has 0 unspecified atom stereocenters. The minimum absolute atomic E-state index is 0.141. The molecule has 1 fully saturated rings. The van der Waals surface area contributed by atoms with Gasteiger partial charge in [-0.15, -0.1) is 11.8 Å². The molecule has 0 radical (unpaired) electrons. The first-order valence-electron chi connectivity index (χ1n) is 16.6. The number of halogens is 1. The Balaban J connectivity index is 1.04. The molecule has 6 rings (SSSR count). The van der Waals surface area contributed by atoms with E-state index in [0.29, 0.717) is 10.8 Å². The Hall–Kier alpha value is -4.88. The maximum Gasteiger partial charge on any atom is 0.359 e. The van der Waals surface area contributed by atoms with Crippen LogP contribution in [0.5, 0.6) is 5.75 Å². The summed E-state index contributed by atoms with van der Waals surface area (Å²) in [6.45, 7) is 4.40. The van der Waals surface area contributed by atoms with Crippen molar-refractivity contribution < 1.29 is 27.7 Å². The van der Waals surface area contributed by atoms with Crippen molar-refractivity contribution in [2.24, 2.45) is 0 Å². The number of piperazine rings is 1. The van der Waals surface area contributed by atoms with Crippen LogP contribution in [0.2, 0.25) is 5.02 Å². The van der Waals surface area contributed by atoms with E-state index in [4.69, 9.17) is 21.2 Å². The zero-order valence-electron chi connectivity index (χ0n) is 28.5. The number of sulfonamides is 1. The molecule has 1 saturated heterocycles. The van der Waals surface area contributed by atoms with E-state index >= 15 is 0 Å². The molecule has 13 heteroatoms. The highest BCUT2D eigenvalue weighted by Gasteiger charge is 2.28. The van der Waals surface area contributed by atoms with Gasteiger partial charge in [-0.05, 0) is 77.4 Å². The van der Waals surface area contributed by atoms with Crippen LogP contribution in [-0.2, 0) is 21.4 Å². The number of carbonyl (C=O) groups excluding carboxylic acids is 1. The van der Waals surface area contributed by atoms with Gasteiger partial charge < -0.3 is 9.64 Å². The van der Waals surface area contributed by atoms with Crippen LogP contribution >= 0.6 is 23.4 Å². The van der Waals surface area contributed by atoms with Crippen molar-refractivity contribution in [1.82, 2.24) is 9.62 Å². The van der Waals surface area contributed by atoms with Crippen LogP contribution in [0.4, 0.5) is 11.4 Å². The van der Waals surface area contributed by atoms with E-state index in [2.05, 4.69) is 32.7 Å². The van der Waals surface area contributed by atoms with Crippen LogP contribution in [-0.4, -0.2) is 69.8 Å². The highest BCUT2D eigenvalue weighted by molar-refractivity contribution is 7.99. The van der Waals surface area contributed by atoms with E-state index in [-0.39, 0.29) is 33.4 Å². The Morgan fingerprint density at radius 3 is 2.27 bits per heavy atom. The summed E-state index contributed by atoms with van der Waals surface area (Å²) in [6.07, 6.45) is 0. The first-order chi connectivity index (χ1) is 25.2. The molecule has 0 aromatic heterocycles. The van der Waals surface area contributed by atoms with E-state index < -0.39 is 15.9 Å². The monoisotopic (exact) mass is 757 g/mol. The number of hydrogen-bond acceptors (Lipinski definition) is 9. The van der Waals surface area contributed by atoms with Crippen molar-refractivity contribution in [2.75, 3.05) is 50.5 Å². The van der Waals surface area contributed by atoms with Gasteiger partial charge in [0.25, 0.3) is 20.9 Å². The molecule has 5 aromatic carbocycles. The predicted octanol–water partition coefficient (Wildman–Crippen LogP) is 7.59. The van der Waals surface area contributed by atoms with Gasteiger partial charge in [0.2, 0.25) is 5.75 Å². The molecule has 1 aliphatic rings. The molecule has 0 spiro atoms. The van der Waals surface area contributed by atoms with E-state index in [9.17, 15) is 18.1 Å². The largest absolute Gasteiger partial charge is 0.486 e. The van der Waals surface area contributed by atoms with Crippen molar-refractivity contribution in [3.05, 3.63) is 142 Å². The van der Waals surface area contributed by atoms with Gasteiger partial charge in [-0.2, -0.15) is 0 Å². The standard InChI is InChI=1S/C39H37ClN4O6S2/c1-49-44(46)37-27-35(19-20-38(37)50-25-26-51-34-8-3-2-4-9-34)52(47,48)41-39(45)30-13-17-33(18-14-30)43-23-21-42(22-24-43)28-31-7-5-6-10-36(31)29-11-15-32(40)16-12-29/h2-20,27H,21-26,28H2,1H3/p+1. The number of rotatable bonds is 14. The quantitative estimate of drug-likeness (QED) is 0.0697. The maximum absolute atomic E-state index is 13.2. The zero-order chi connectivity index (χ0) is 36.5. The first-order valence-corrected chi connectivity index (χ1v) is 19.5. The molecule has 268 valence electrons. The van der Waals surface area contributed by atoms with Crippen molar-refractivity contribution in [2.45, 2.75) is 16.3 Å². The van der Waals surface area contributed by atoms with Gasteiger partial charge in [0.05, 0.1) is 16.4 Å². The number of anilines is 1. The minimum atomic E-state index is -4.34. The smallest absolute Gasteiger partial charge is 0.359 e. The lowest BCUT2D eigenvalue weighted by Crippen LogP contribution is -2.46. The SMILES string of the molecule is CO[N+](=O)c1cc(S(=O)(=O)NC(=O)c2ccc(N3CCN(Cc4ccccc4-c4ccc(Cl)cc4)CC3)cc2)ccc1OCCSc1ccccc1. The average molecular weight is 758 g/mol. The number of benzene rings is 5. The molecule has 5 aromatic rings. The Labute approximate surface area is 312 Å². The Kier molecular flexibility index (Phi) is 12.1. The second-order valence-electron chi connectivity index (χ2n) is 12.0. The van der Waals surface area contributed by atoms with Crippen molar-refractivity contribution >= 4 is 50.7 Å². The summed E-state index contributed by atoms with van der Waals surface area (Å²) >= 11 is 7.69. The van der Waals surface area contributed by atoms with Gasteiger partial charge in [-0.25, -0.2) is 18.0 Å². The lowest BCUT2D eigenvalue weighted by molar-refractivity contribution is -0.737. The molecule has 1 amide bonds. The summed E-state index contributed by atoms with van der Waals surface area (Å²) in [4.78, 5) is 36.0. The number of amides is 1. The maximum atomic E-state index is 13.2. The fourth-order valence-corrected chi connectivity index (χ4v) is 7.76. The van der Waals surface area contributed by atoms with Crippen LogP contribution in [0.15, 0.2) is 131 Å². The summed E-state index contributed by atoms with van der Waals surface area (Å²) in [5.74, 6) is -0.0439. The van der Waals surface area contributed by atoms with Crippen LogP contribution in [0.3, 0.4) is 0 Å². The minimum Gasteiger partial charge on any atom is -0.486 e. The van der Waals surface area contributed by atoms with Crippen molar-refractivity contribution in [1.29, 1.82) is 0 Å². The summed E-state index contributed by atoms with van der Waals surface area (Å²) in [6, 6.07) is 36.7. The van der Waals surface area contributed by atoms with E-state index in [0.717, 1.165) is 62.0 Å². The van der Waals surface area contributed by atoms with Gasteiger partial charge in [0.1, 0.15) is 0 Å². The van der Waals surface area contributed by atoms with Crippen LogP contribution in [0.25, 0.3) is 11.1 Å². The number of ether oxygens (including phenoxy) is 1. The van der Waals surface area contributed by atoms with E-state index in [1.54, 1.807) is 23.9 Å². The van der Waals surface area contributed by atoms with E-state index in [1.807, 2.05) is 72.8 Å². The lowest BCUT2D eigenvalue weighted by atomic mass is 9.99. The zero-order valence-corrected chi connectivity index (χ0v) is 30.9. The molecule has 10 nitrogen and oxygen atoms in total. The van der Waals surface area contributed by atoms with Gasteiger partial charge in [-0.3, -0.25) is 9.69 Å². The molecule has 1 heterocycles. The van der Waals surface area contributed by atoms with Crippen molar-refractivity contribution in [3.8, 4) is 16.9 Å². The fraction of sp³-hybridized carbons (Fsp3) is 0.205. The summed E-state index contributed by atoms with van der Waals surface area (Å²) < 4.78 is 34.4. The second-order valence-corrected chi connectivity index (χ2v) is 15.3. The fourth-order valence-electron chi connectivity index (χ4n) is 5.89. The summed E-state index contributed by atoms with van der Waals surface area (Å²) in [5.41, 5.74) is 4.56. The molecule has 52 heavy (non-hydrogen) atoms. The van der Waals surface area contributed by atoms with Crippen LogP contribution in [0, 0.1) is 4.91 Å². The molecular formula is C39H38ClN4O6S2+. The van der Waals surface area contributed by atoms with Crippen LogP contribution < -0.4 is 14.4 Å². The van der Waals surface area contributed by atoms with E-state index in [1.165, 1.54) is 23.3 Å². The molecular weight excluding hydrogens is 720 g/mol. The Morgan fingerprint density at radius 2 is 1.56 bits per heavy atom. The lowest BCUT2D eigenvalue weighted by Gasteiger charge is -2.36. The van der Waals surface area contributed by atoms with Crippen LogP contribution in [0.1, 0.15) is 15.9 Å². The molecule has 0 aliphatic carbocycles. The third-order valence-corrected chi connectivity index (χ3v) is 11.2. The number of nitrogens with zero attached hydrogens (tertiary/aromatic N) is 3. The predicted molar refractivity (Wildman–Crippen MR) is 205 cm³/mol. The van der Waals surface area contributed by atoms with Gasteiger partial charge in [0.15, 0.2) is 7.11 Å². The number of thioether (sulfide) groups is 1. The summed E-state index contributed by atoms with van der Waals surface area (Å²) in [7, 11) is -3.17. The molecule has 1 N–H and O–H groups in total. The van der Waals surface area contributed by atoms with Gasteiger partial charge >= 0.3 is 5.69 Å². The topological polar surface area (TPSA) is 108 Å². The first kappa shape index (κ1) is 36.9. The normalized spacial score (nSPS) is 13.4. The second kappa shape index (κ2) is 17.1. The molecule has 0 atom stereocenters. The molecule has 1 aliphatic heterocycles. The highest BCUT2D eigenvalue weighted by Crippen LogP contribution is 2.31. The third kappa shape index (κ3) is 9.31. The number of nitrogens with one attached hydrogen (secondary N) is 1. The Morgan fingerprint density at radius 1 is 0.865 bits per heavy atom. The number of hydrogen-bond donors (Lipinski definition) is 1. The Bertz CT molecular complexity index is 2110. The number of carbonyl (C=O) groups is 1. The summed E-state index contributed by atoms with van der Waals surface area (Å²) in [5, 5.41) is 0.711. The average Bonchev–Trinajstić information content (AvgIpc) is 3.17. The molecule has 0 bridgehead atoms. The van der Waals surface area contributed by atoms with Crippen molar-refractivity contribution in [3.63, 3.8) is 0 Å². The van der Waals surface area contributed by atoms with Gasteiger partial charge in [0, 0.05) is 65.7 Å². The molecule has 0 saturated carbocycles. The highest BCUT2D eigenvalue weighted by atomic mass is 35.5. The van der Waals surface area contributed by atoms with Gasteiger partial charge in [-0.1, -0.05) is 66.2 Å².